The molecule has 7 aromatic rings. The van der Waals surface area contributed by atoms with Gasteiger partial charge in [-0.1, -0.05) is 137 Å². The molecule has 0 fully saturated rings. The van der Waals surface area contributed by atoms with Crippen molar-refractivity contribution in [1.29, 1.82) is 0 Å². The van der Waals surface area contributed by atoms with Crippen LogP contribution in [-0.2, 0) is 31.9 Å². The van der Waals surface area contributed by atoms with Gasteiger partial charge in [-0.15, -0.1) is 23.8 Å². The van der Waals surface area contributed by atoms with Crippen LogP contribution in [0.2, 0.25) is 0 Å². The summed E-state index contributed by atoms with van der Waals surface area (Å²) in [7, 11) is 0. The summed E-state index contributed by atoms with van der Waals surface area (Å²) in [6.07, 6.45) is 1.81. The molecule has 7 rings (SSSR count). The topological polar surface area (TPSA) is 49.2 Å². The smallest absolute Gasteiger partial charge is 0.136 e. The zero-order valence-electron chi connectivity index (χ0n) is 30.1. The molecule has 0 bridgehead atoms. The van der Waals surface area contributed by atoms with Gasteiger partial charge in [-0.05, 0) is 81.5 Å². The number of phenols is 1. The molecule has 0 amide bonds. The number of hydrogen-bond donors (Lipinski definition) is 1. The summed E-state index contributed by atoms with van der Waals surface area (Å²) in [6.45, 7) is 11.1. The first-order valence-corrected chi connectivity index (χ1v) is 17.4. The summed E-state index contributed by atoms with van der Waals surface area (Å²) in [6, 6.07) is 55.3. The average molecular weight is 860 g/mol. The van der Waals surface area contributed by atoms with Gasteiger partial charge in [-0.25, -0.2) is 4.98 Å². The third-order valence-electron chi connectivity index (χ3n) is 9.55. The number of benzene rings is 5. The number of aromatic nitrogens is 2. The van der Waals surface area contributed by atoms with Crippen molar-refractivity contribution in [3.05, 3.63) is 181 Å². The van der Waals surface area contributed by atoms with Crippen molar-refractivity contribution in [1.82, 2.24) is 9.97 Å². The fourth-order valence-corrected chi connectivity index (χ4v) is 6.46. The quantitative estimate of drug-likeness (QED) is 0.155. The number of aromatic hydroxyl groups is 1. The van der Waals surface area contributed by atoms with Crippen LogP contribution in [0.25, 0.3) is 33.6 Å². The predicted molar refractivity (Wildman–Crippen MR) is 211 cm³/mol. The van der Waals surface area contributed by atoms with E-state index >= 15 is 0 Å². The van der Waals surface area contributed by atoms with Crippen LogP contribution in [0.3, 0.4) is 0 Å². The van der Waals surface area contributed by atoms with E-state index in [1.165, 1.54) is 5.56 Å². The SMILES string of the molecule is CC(C)(C)c1cc(-c2[c-]c(N(c3ccccc3)c3ccccn3)cc(-c3ccccc3)c2)nc(-c2cc(C(C)(C)c3ccccc3)ccc2O)c1.[Pt]. The molecule has 4 nitrogen and oxygen atoms in total. The standard InChI is InChI=1S/C47H42N3O.Pt/c1-46(2,3)38-31-42(49-43(32-38)41-30-37(24-25-44(41)51)47(4,5)36-19-11-7-12-20-36)35-27-34(33-17-9-6-10-18-33)28-40(29-35)50(39-21-13-8-14-22-39)45-23-15-16-26-48-45;/h6-28,30-32,51H,1-5H3;/q-1;. The summed E-state index contributed by atoms with van der Waals surface area (Å²) in [5, 5.41) is 11.4. The van der Waals surface area contributed by atoms with Crippen molar-refractivity contribution >= 4 is 17.2 Å². The minimum atomic E-state index is -0.284. The maximum atomic E-state index is 11.4. The van der Waals surface area contributed by atoms with Gasteiger partial charge in [0.15, 0.2) is 0 Å². The Morgan fingerprint density at radius 3 is 1.87 bits per heavy atom. The first-order chi connectivity index (χ1) is 24.6. The van der Waals surface area contributed by atoms with Gasteiger partial charge in [-0.2, -0.15) is 0 Å². The number of hydrogen-bond acceptors (Lipinski definition) is 4. The number of rotatable bonds is 8. The molecule has 2 heterocycles. The molecule has 262 valence electrons. The van der Waals surface area contributed by atoms with E-state index in [1.807, 2.05) is 60.8 Å². The summed E-state index contributed by atoms with van der Waals surface area (Å²) >= 11 is 0. The monoisotopic (exact) mass is 859 g/mol. The van der Waals surface area contributed by atoms with Gasteiger partial charge in [0.25, 0.3) is 0 Å². The Balaban J connectivity index is 0.00000464. The minimum absolute atomic E-state index is 0. The predicted octanol–water partition coefficient (Wildman–Crippen LogP) is 12.1. The average Bonchev–Trinajstić information content (AvgIpc) is 3.16. The van der Waals surface area contributed by atoms with Crippen molar-refractivity contribution in [3.8, 4) is 39.4 Å². The molecule has 1 N–H and O–H groups in total. The first-order valence-electron chi connectivity index (χ1n) is 17.4. The van der Waals surface area contributed by atoms with E-state index in [-0.39, 0.29) is 37.6 Å². The van der Waals surface area contributed by atoms with E-state index < -0.39 is 0 Å². The molecule has 0 aliphatic heterocycles. The molecule has 0 unspecified atom stereocenters. The molecule has 0 aliphatic rings. The fourth-order valence-electron chi connectivity index (χ4n) is 6.46. The number of pyridine rings is 2. The van der Waals surface area contributed by atoms with Gasteiger partial charge < -0.3 is 10.0 Å². The molecule has 52 heavy (non-hydrogen) atoms. The maximum Gasteiger partial charge on any atom is 0.136 e. The second kappa shape index (κ2) is 15.1. The molecule has 0 atom stereocenters. The molecule has 5 aromatic carbocycles. The van der Waals surface area contributed by atoms with Crippen molar-refractivity contribution < 1.29 is 26.2 Å². The van der Waals surface area contributed by atoms with E-state index in [0.717, 1.165) is 50.7 Å². The van der Waals surface area contributed by atoms with Crippen molar-refractivity contribution in [2.24, 2.45) is 0 Å². The van der Waals surface area contributed by atoms with Crippen molar-refractivity contribution in [2.75, 3.05) is 4.90 Å². The second-order valence-corrected chi connectivity index (χ2v) is 14.5. The van der Waals surface area contributed by atoms with Gasteiger partial charge in [0, 0.05) is 43.9 Å². The molecule has 0 spiro atoms. The van der Waals surface area contributed by atoms with Crippen LogP contribution in [0.4, 0.5) is 17.2 Å². The maximum absolute atomic E-state index is 11.4. The van der Waals surface area contributed by atoms with Gasteiger partial charge in [0.05, 0.1) is 5.69 Å². The van der Waals surface area contributed by atoms with Gasteiger partial charge >= 0.3 is 0 Å². The summed E-state index contributed by atoms with van der Waals surface area (Å²) in [4.78, 5) is 12.2. The molecular formula is C47H42N3OPt-. The normalized spacial score (nSPS) is 11.5. The molecular weight excluding hydrogens is 818 g/mol. The molecule has 0 saturated carbocycles. The summed E-state index contributed by atoms with van der Waals surface area (Å²) in [5.41, 5.74) is 9.91. The minimum Gasteiger partial charge on any atom is -0.507 e. The fraction of sp³-hybridized carbons (Fsp3) is 0.149. The third-order valence-corrected chi connectivity index (χ3v) is 9.55. The van der Waals surface area contributed by atoms with Crippen LogP contribution in [0.5, 0.6) is 5.75 Å². The number of anilines is 3. The van der Waals surface area contributed by atoms with Gasteiger partial charge in [-0.3, -0.25) is 4.98 Å². The largest absolute Gasteiger partial charge is 0.507 e. The van der Waals surface area contributed by atoms with Crippen LogP contribution in [0, 0.1) is 6.07 Å². The second-order valence-electron chi connectivity index (χ2n) is 14.5. The van der Waals surface area contributed by atoms with Crippen LogP contribution in [0.1, 0.15) is 51.3 Å². The van der Waals surface area contributed by atoms with Crippen LogP contribution in [-0.4, -0.2) is 15.1 Å². The van der Waals surface area contributed by atoms with Crippen LogP contribution in [0.15, 0.2) is 158 Å². The van der Waals surface area contributed by atoms with Crippen LogP contribution >= 0.6 is 0 Å². The zero-order chi connectivity index (χ0) is 35.6. The molecule has 5 heteroatoms. The van der Waals surface area contributed by atoms with E-state index in [9.17, 15) is 5.11 Å². The summed E-state index contributed by atoms with van der Waals surface area (Å²) < 4.78 is 0. The van der Waals surface area contributed by atoms with E-state index in [4.69, 9.17) is 9.97 Å². The Hall–Kier alpha value is -5.31. The summed E-state index contributed by atoms with van der Waals surface area (Å²) in [5.74, 6) is 0.983. The Bertz CT molecular complexity index is 2230. The van der Waals surface area contributed by atoms with Crippen molar-refractivity contribution in [2.45, 2.75) is 45.4 Å². The Labute approximate surface area is 322 Å². The zero-order valence-corrected chi connectivity index (χ0v) is 32.4. The van der Waals surface area contributed by atoms with Gasteiger partial charge in [0.1, 0.15) is 11.6 Å². The van der Waals surface area contributed by atoms with Gasteiger partial charge in [0.2, 0.25) is 0 Å². The number of para-hydroxylation sites is 1. The van der Waals surface area contributed by atoms with Crippen molar-refractivity contribution in [3.63, 3.8) is 0 Å². The Morgan fingerprint density at radius 2 is 1.21 bits per heavy atom. The van der Waals surface area contributed by atoms with E-state index in [1.54, 1.807) is 6.07 Å². The van der Waals surface area contributed by atoms with E-state index in [2.05, 4.69) is 137 Å². The number of phenolic OH excluding ortho intramolecular Hbond substituents is 1. The Morgan fingerprint density at radius 1 is 0.577 bits per heavy atom. The third kappa shape index (κ3) is 7.64. The first kappa shape index (κ1) is 36.5. The Kier molecular flexibility index (Phi) is 10.6. The molecule has 0 saturated heterocycles. The van der Waals surface area contributed by atoms with E-state index in [0.29, 0.717) is 11.3 Å². The van der Waals surface area contributed by atoms with Crippen LogP contribution < -0.4 is 4.90 Å². The molecule has 0 radical (unpaired) electrons. The number of nitrogens with zero attached hydrogens (tertiary/aromatic N) is 3. The molecule has 2 aromatic heterocycles. The molecule has 0 aliphatic carbocycles.